The number of amides is 1. The minimum absolute atomic E-state index is 0.00627. The van der Waals surface area contributed by atoms with Crippen LogP contribution >= 0.6 is 15.9 Å². The summed E-state index contributed by atoms with van der Waals surface area (Å²) in [4.78, 5) is 12.0. The van der Waals surface area contributed by atoms with Gasteiger partial charge in [0, 0.05) is 17.3 Å². The molecule has 108 valence electrons. The molecular formula is C15H19BrN2O2. The Labute approximate surface area is 127 Å². The molecule has 5 heteroatoms. The number of hydrogen-bond acceptors (Lipinski definition) is 3. The Hall–Kier alpha value is -1.07. The summed E-state index contributed by atoms with van der Waals surface area (Å²) in [6.45, 7) is 2.76. The third-order valence-corrected chi connectivity index (χ3v) is 4.56. The molecule has 0 bridgehead atoms. The molecule has 2 aliphatic rings. The SMILES string of the molecule is CCNC1C(=O)Nc2cc(OC3CCCC3)c(Br)cc21. The van der Waals surface area contributed by atoms with Gasteiger partial charge in [0.2, 0.25) is 5.91 Å². The number of likely N-dealkylation sites (N-methyl/N-ethyl adjacent to an activating group) is 1. The first kappa shape index (κ1) is 13.9. The van der Waals surface area contributed by atoms with Gasteiger partial charge in [-0.25, -0.2) is 0 Å². The zero-order valence-electron chi connectivity index (χ0n) is 11.5. The van der Waals surface area contributed by atoms with Crippen molar-refractivity contribution < 1.29 is 9.53 Å². The van der Waals surface area contributed by atoms with Crippen molar-refractivity contribution in [3.05, 3.63) is 22.2 Å². The highest BCUT2D eigenvalue weighted by Crippen LogP contribution is 2.40. The molecule has 1 aliphatic carbocycles. The van der Waals surface area contributed by atoms with E-state index in [1.165, 1.54) is 12.8 Å². The molecule has 0 radical (unpaired) electrons. The van der Waals surface area contributed by atoms with Crippen LogP contribution < -0.4 is 15.4 Å². The molecule has 2 N–H and O–H groups in total. The van der Waals surface area contributed by atoms with Crippen molar-refractivity contribution in [3.63, 3.8) is 0 Å². The summed E-state index contributed by atoms with van der Waals surface area (Å²) in [6, 6.07) is 3.67. The summed E-state index contributed by atoms with van der Waals surface area (Å²) in [5, 5.41) is 6.12. The molecule has 0 saturated heterocycles. The van der Waals surface area contributed by atoms with Crippen LogP contribution in [0.5, 0.6) is 5.75 Å². The predicted octanol–water partition coefficient (Wildman–Crippen LogP) is 3.37. The molecule has 3 rings (SSSR count). The lowest BCUT2D eigenvalue weighted by Gasteiger charge is -2.16. The number of halogens is 1. The number of nitrogens with one attached hydrogen (secondary N) is 2. The smallest absolute Gasteiger partial charge is 0.246 e. The number of carbonyl (C=O) groups is 1. The zero-order valence-corrected chi connectivity index (χ0v) is 13.1. The molecule has 1 fully saturated rings. The standard InChI is InChI=1S/C15H19BrN2O2/c1-2-17-14-10-7-11(16)13(8-12(10)18-15(14)19)20-9-5-3-4-6-9/h7-9,14,17H,2-6H2,1H3,(H,18,19). The molecule has 1 aromatic carbocycles. The molecular weight excluding hydrogens is 320 g/mol. The van der Waals surface area contributed by atoms with Gasteiger partial charge in [-0.3, -0.25) is 4.79 Å². The number of rotatable bonds is 4. The first-order valence-corrected chi connectivity index (χ1v) is 8.02. The van der Waals surface area contributed by atoms with Gasteiger partial charge < -0.3 is 15.4 Å². The van der Waals surface area contributed by atoms with Crippen molar-refractivity contribution in [1.82, 2.24) is 5.32 Å². The van der Waals surface area contributed by atoms with Crippen LogP contribution in [0.4, 0.5) is 5.69 Å². The summed E-state index contributed by atoms with van der Waals surface area (Å²) in [7, 11) is 0. The quantitative estimate of drug-likeness (QED) is 0.884. The lowest BCUT2D eigenvalue weighted by molar-refractivity contribution is -0.117. The summed E-state index contributed by atoms with van der Waals surface area (Å²) < 4.78 is 6.96. The Morgan fingerprint density at radius 3 is 2.85 bits per heavy atom. The summed E-state index contributed by atoms with van der Waals surface area (Å²) >= 11 is 3.56. The van der Waals surface area contributed by atoms with Gasteiger partial charge in [0.05, 0.1) is 10.6 Å². The van der Waals surface area contributed by atoms with E-state index in [4.69, 9.17) is 4.74 Å². The second kappa shape index (κ2) is 5.74. The van der Waals surface area contributed by atoms with E-state index in [2.05, 4.69) is 26.6 Å². The first-order valence-electron chi connectivity index (χ1n) is 7.23. The highest BCUT2D eigenvalue weighted by molar-refractivity contribution is 9.10. The molecule has 1 atom stereocenters. The zero-order chi connectivity index (χ0) is 14.1. The molecule has 1 aliphatic heterocycles. The van der Waals surface area contributed by atoms with Crippen molar-refractivity contribution in [3.8, 4) is 5.75 Å². The molecule has 1 saturated carbocycles. The van der Waals surface area contributed by atoms with Gasteiger partial charge >= 0.3 is 0 Å². The maximum atomic E-state index is 12.0. The van der Waals surface area contributed by atoms with Gasteiger partial charge in [-0.05, 0) is 54.2 Å². The van der Waals surface area contributed by atoms with Gasteiger partial charge in [-0.15, -0.1) is 0 Å². The average Bonchev–Trinajstić information content (AvgIpc) is 3.01. The first-order chi connectivity index (χ1) is 9.69. The predicted molar refractivity (Wildman–Crippen MR) is 82.1 cm³/mol. The largest absolute Gasteiger partial charge is 0.489 e. The van der Waals surface area contributed by atoms with Crippen LogP contribution in [-0.2, 0) is 4.79 Å². The van der Waals surface area contributed by atoms with Crippen LogP contribution in [0.1, 0.15) is 44.2 Å². The monoisotopic (exact) mass is 338 g/mol. The molecule has 0 aromatic heterocycles. The molecule has 1 heterocycles. The average molecular weight is 339 g/mol. The van der Waals surface area contributed by atoms with Crippen molar-refractivity contribution in [2.45, 2.75) is 44.8 Å². The van der Waals surface area contributed by atoms with Crippen LogP contribution in [-0.4, -0.2) is 18.6 Å². The lowest BCUT2D eigenvalue weighted by Crippen LogP contribution is -2.27. The molecule has 1 amide bonds. The minimum Gasteiger partial charge on any atom is -0.489 e. The van der Waals surface area contributed by atoms with Crippen molar-refractivity contribution >= 4 is 27.5 Å². The number of fused-ring (bicyclic) bond motifs is 1. The summed E-state index contributed by atoms with van der Waals surface area (Å²) in [5.41, 5.74) is 1.85. The van der Waals surface area contributed by atoms with Gasteiger partial charge in [-0.1, -0.05) is 6.92 Å². The third kappa shape index (κ3) is 2.56. The van der Waals surface area contributed by atoms with E-state index in [0.717, 1.165) is 40.9 Å². The molecule has 4 nitrogen and oxygen atoms in total. The van der Waals surface area contributed by atoms with E-state index >= 15 is 0 Å². The van der Waals surface area contributed by atoms with E-state index in [-0.39, 0.29) is 11.9 Å². The van der Waals surface area contributed by atoms with E-state index in [0.29, 0.717) is 6.10 Å². The number of hydrogen-bond donors (Lipinski definition) is 2. The van der Waals surface area contributed by atoms with Crippen LogP contribution in [0, 0.1) is 0 Å². The Bertz CT molecular complexity index is 527. The Morgan fingerprint density at radius 2 is 2.15 bits per heavy atom. The lowest BCUT2D eigenvalue weighted by atomic mass is 10.1. The molecule has 1 unspecified atom stereocenters. The second-order valence-electron chi connectivity index (χ2n) is 5.37. The maximum Gasteiger partial charge on any atom is 0.246 e. The van der Waals surface area contributed by atoms with Crippen molar-refractivity contribution in [2.75, 3.05) is 11.9 Å². The Kier molecular flexibility index (Phi) is 3.98. The number of benzene rings is 1. The van der Waals surface area contributed by atoms with Crippen LogP contribution in [0.25, 0.3) is 0 Å². The van der Waals surface area contributed by atoms with Crippen molar-refractivity contribution in [2.24, 2.45) is 0 Å². The number of anilines is 1. The van der Waals surface area contributed by atoms with Crippen LogP contribution in [0.15, 0.2) is 16.6 Å². The molecule has 0 spiro atoms. The van der Waals surface area contributed by atoms with Gasteiger partial charge in [0.25, 0.3) is 0 Å². The molecule has 1 aromatic rings. The highest BCUT2D eigenvalue weighted by atomic mass is 79.9. The van der Waals surface area contributed by atoms with Crippen molar-refractivity contribution in [1.29, 1.82) is 0 Å². The van der Waals surface area contributed by atoms with Crippen LogP contribution in [0.2, 0.25) is 0 Å². The fourth-order valence-corrected chi connectivity index (χ4v) is 3.40. The maximum absolute atomic E-state index is 12.0. The van der Waals surface area contributed by atoms with Gasteiger partial charge in [0.1, 0.15) is 11.8 Å². The topological polar surface area (TPSA) is 50.4 Å². The minimum atomic E-state index is -0.258. The Morgan fingerprint density at radius 1 is 1.40 bits per heavy atom. The Balaban J connectivity index is 1.85. The van der Waals surface area contributed by atoms with E-state index in [9.17, 15) is 4.79 Å². The van der Waals surface area contributed by atoms with Gasteiger partial charge in [0.15, 0.2) is 0 Å². The summed E-state index contributed by atoms with van der Waals surface area (Å²) in [6.07, 6.45) is 5.04. The fraction of sp³-hybridized carbons (Fsp3) is 0.533. The highest BCUT2D eigenvalue weighted by Gasteiger charge is 2.31. The summed E-state index contributed by atoms with van der Waals surface area (Å²) in [5.74, 6) is 0.833. The van der Waals surface area contributed by atoms with E-state index in [1.54, 1.807) is 0 Å². The second-order valence-corrected chi connectivity index (χ2v) is 6.23. The number of carbonyl (C=O) groups excluding carboxylic acids is 1. The van der Waals surface area contributed by atoms with Gasteiger partial charge in [-0.2, -0.15) is 0 Å². The van der Waals surface area contributed by atoms with E-state index < -0.39 is 0 Å². The third-order valence-electron chi connectivity index (χ3n) is 3.94. The normalized spacial score (nSPS) is 21.9. The molecule has 20 heavy (non-hydrogen) atoms. The van der Waals surface area contributed by atoms with Crippen LogP contribution in [0.3, 0.4) is 0 Å². The number of ether oxygens (including phenoxy) is 1. The van der Waals surface area contributed by atoms with E-state index in [1.807, 2.05) is 19.1 Å². The fourth-order valence-electron chi connectivity index (χ4n) is 2.94.